The van der Waals surface area contributed by atoms with Gasteiger partial charge in [0.25, 0.3) is 0 Å². The fourth-order valence-corrected chi connectivity index (χ4v) is 1.22. The van der Waals surface area contributed by atoms with E-state index >= 15 is 0 Å². The zero-order chi connectivity index (χ0) is 13.0. The molecular formula is C9H13N7O2. The molecule has 0 aliphatic carbocycles. The highest BCUT2D eigenvalue weighted by molar-refractivity contribution is 5.32. The van der Waals surface area contributed by atoms with Crippen LogP contribution in [-0.2, 0) is 6.54 Å². The van der Waals surface area contributed by atoms with Crippen LogP contribution < -0.4 is 15.8 Å². The first-order valence-corrected chi connectivity index (χ1v) is 5.34. The van der Waals surface area contributed by atoms with Crippen LogP contribution in [0.2, 0.25) is 0 Å². The second kappa shape index (κ2) is 5.25. The van der Waals surface area contributed by atoms with Crippen LogP contribution in [0.25, 0.3) is 0 Å². The molecule has 0 fully saturated rings. The molecule has 0 radical (unpaired) electrons. The van der Waals surface area contributed by atoms with Crippen LogP contribution in [0.4, 0.5) is 11.9 Å². The van der Waals surface area contributed by atoms with E-state index in [2.05, 4.69) is 30.4 Å². The highest BCUT2D eigenvalue weighted by Gasteiger charge is 2.07. The molecule has 0 saturated heterocycles. The lowest BCUT2D eigenvalue weighted by molar-refractivity contribution is 0.312. The Hall–Kier alpha value is -2.45. The van der Waals surface area contributed by atoms with Crippen molar-refractivity contribution in [3.8, 4) is 6.01 Å². The fourth-order valence-electron chi connectivity index (χ4n) is 1.22. The summed E-state index contributed by atoms with van der Waals surface area (Å²) in [6, 6.07) is 0.178. The van der Waals surface area contributed by atoms with Crippen LogP contribution in [0.1, 0.15) is 18.6 Å². The number of nitrogen functional groups attached to an aromatic ring is 1. The Kier molecular flexibility index (Phi) is 3.51. The van der Waals surface area contributed by atoms with Gasteiger partial charge in [0.15, 0.2) is 5.82 Å². The van der Waals surface area contributed by atoms with E-state index in [1.54, 1.807) is 6.92 Å². The molecule has 2 heterocycles. The summed E-state index contributed by atoms with van der Waals surface area (Å²) in [6.45, 7) is 4.32. The summed E-state index contributed by atoms with van der Waals surface area (Å²) in [6.07, 6.45) is 0. The third-order valence-electron chi connectivity index (χ3n) is 1.88. The molecule has 2 rings (SSSR count). The molecule has 96 valence electrons. The Balaban J connectivity index is 2.04. The number of nitrogens with one attached hydrogen (secondary N) is 1. The number of aryl methyl sites for hydroxylation is 1. The molecule has 2 aromatic rings. The lowest BCUT2D eigenvalue weighted by Gasteiger charge is -2.05. The Morgan fingerprint density at radius 3 is 2.78 bits per heavy atom. The monoisotopic (exact) mass is 251 g/mol. The van der Waals surface area contributed by atoms with E-state index < -0.39 is 0 Å². The molecule has 2 aromatic heterocycles. The van der Waals surface area contributed by atoms with Crippen LogP contribution in [0.3, 0.4) is 0 Å². The van der Waals surface area contributed by atoms with Gasteiger partial charge < -0.3 is 20.3 Å². The molecule has 9 nitrogen and oxygen atoms in total. The molecule has 0 bridgehead atoms. The van der Waals surface area contributed by atoms with E-state index in [1.807, 2.05) is 6.92 Å². The number of nitrogens with zero attached hydrogens (tertiary/aromatic N) is 5. The molecule has 0 saturated carbocycles. The van der Waals surface area contributed by atoms with Crippen LogP contribution in [0, 0.1) is 6.92 Å². The van der Waals surface area contributed by atoms with Crippen molar-refractivity contribution in [2.75, 3.05) is 17.7 Å². The van der Waals surface area contributed by atoms with Crippen LogP contribution in [0.5, 0.6) is 6.01 Å². The maximum Gasteiger partial charge on any atom is 0.323 e. The van der Waals surface area contributed by atoms with Gasteiger partial charge in [-0.1, -0.05) is 5.16 Å². The van der Waals surface area contributed by atoms with E-state index in [4.69, 9.17) is 15.0 Å². The Labute approximate surface area is 103 Å². The lowest BCUT2D eigenvalue weighted by Crippen LogP contribution is -2.09. The summed E-state index contributed by atoms with van der Waals surface area (Å²) >= 11 is 0. The first-order valence-electron chi connectivity index (χ1n) is 5.34. The molecule has 0 unspecified atom stereocenters. The number of hydrogen-bond donors (Lipinski definition) is 2. The van der Waals surface area contributed by atoms with Crippen LogP contribution in [0.15, 0.2) is 4.52 Å². The minimum absolute atomic E-state index is 0.0836. The SMILES string of the molecule is CCOc1nc(N)nc(NCc2noc(C)n2)n1. The number of aromatic nitrogens is 5. The summed E-state index contributed by atoms with van der Waals surface area (Å²) in [5.41, 5.74) is 5.53. The molecule has 0 aromatic carbocycles. The van der Waals surface area contributed by atoms with Gasteiger partial charge in [-0.2, -0.15) is 19.9 Å². The number of hydrogen-bond acceptors (Lipinski definition) is 9. The fraction of sp³-hybridized carbons (Fsp3) is 0.444. The van der Waals surface area contributed by atoms with Gasteiger partial charge in [0.05, 0.1) is 13.2 Å². The first kappa shape index (κ1) is 12.0. The lowest BCUT2D eigenvalue weighted by atomic mass is 10.6. The van der Waals surface area contributed by atoms with Gasteiger partial charge in [-0.15, -0.1) is 0 Å². The number of rotatable bonds is 5. The molecule has 3 N–H and O–H groups in total. The van der Waals surface area contributed by atoms with Crippen LogP contribution >= 0.6 is 0 Å². The van der Waals surface area contributed by atoms with Crippen molar-refractivity contribution in [2.24, 2.45) is 0 Å². The predicted octanol–water partition coefficient (Wildman–Crippen LogP) is 0.156. The van der Waals surface area contributed by atoms with E-state index in [-0.39, 0.29) is 12.0 Å². The highest BCUT2D eigenvalue weighted by atomic mass is 16.5. The topological polar surface area (TPSA) is 125 Å². The maximum absolute atomic E-state index is 5.53. The summed E-state index contributed by atoms with van der Waals surface area (Å²) in [4.78, 5) is 15.8. The highest BCUT2D eigenvalue weighted by Crippen LogP contribution is 2.09. The van der Waals surface area contributed by atoms with Gasteiger partial charge in [0.1, 0.15) is 0 Å². The minimum Gasteiger partial charge on any atom is -0.464 e. The number of anilines is 2. The van der Waals surface area contributed by atoms with Gasteiger partial charge in [-0.25, -0.2) is 0 Å². The molecule has 9 heteroatoms. The van der Waals surface area contributed by atoms with Crippen molar-refractivity contribution in [2.45, 2.75) is 20.4 Å². The predicted molar refractivity (Wildman–Crippen MR) is 61.8 cm³/mol. The third kappa shape index (κ3) is 3.03. The van der Waals surface area contributed by atoms with Crippen LogP contribution in [-0.4, -0.2) is 31.7 Å². The van der Waals surface area contributed by atoms with Gasteiger partial charge in [-0.3, -0.25) is 0 Å². The molecule has 18 heavy (non-hydrogen) atoms. The minimum atomic E-state index is 0.0836. The average Bonchev–Trinajstić information content (AvgIpc) is 2.72. The van der Waals surface area contributed by atoms with Gasteiger partial charge in [0.2, 0.25) is 17.8 Å². The molecule has 0 aliphatic heterocycles. The quantitative estimate of drug-likeness (QED) is 0.763. The average molecular weight is 251 g/mol. The van der Waals surface area contributed by atoms with E-state index in [0.717, 1.165) is 0 Å². The van der Waals surface area contributed by atoms with Crippen molar-refractivity contribution in [3.63, 3.8) is 0 Å². The Bertz CT molecular complexity index is 527. The van der Waals surface area contributed by atoms with Gasteiger partial charge >= 0.3 is 6.01 Å². The molecule has 0 atom stereocenters. The molecular weight excluding hydrogens is 238 g/mol. The van der Waals surface area contributed by atoms with Crippen molar-refractivity contribution < 1.29 is 9.26 Å². The second-order valence-electron chi connectivity index (χ2n) is 3.32. The summed E-state index contributed by atoms with van der Waals surface area (Å²) in [7, 11) is 0. The van der Waals surface area contributed by atoms with Crippen molar-refractivity contribution in [1.82, 2.24) is 25.1 Å². The second-order valence-corrected chi connectivity index (χ2v) is 3.32. The largest absolute Gasteiger partial charge is 0.464 e. The third-order valence-corrected chi connectivity index (χ3v) is 1.88. The zero-order valence-electron chi connectivity index (χ0n) is 10.0. The Morgan fingerprint density at radius 2 is 2.11 bits per heavy atom. The Morgan fingerprint density at radius 1 is 1.28 bits per heavy atom. The van der Waals surface area contributed by atoms with Crippen molar-refractivity contribution in [1.29, 1.82) is 0 Å². The molecule has 0 amide bonds. The van der Waals surface area contributed by atoms with E-state index in [9.17, 15) is 0 Å². The van der Waals surface area contributed by atoms with Gasteiger partial charge in [-0.05, 0) is 6.92 Å². The summed E-state index contributed by atoms with van der Waals surface area (Å²) < 4.78 is 9.99. The number of ether oxygens (including phenoxy) is 1. The van der Waals surface area contributed by atoms with E-state index in [0.29, 0.717) is 30.8 Å². The van der Waals surface area contributed by atoms with Crippen molar-refractivity contribution >= 4 is 11.9 Å². The van der Waals surface area contributed by atoms with E-state index in [1.165, 1.54) is 0 Å². The first-order chi connectivity index (χ1) is 8.67. The summed E-state index contributed by atoms with van der Waals surface area (Å²) in [5, 5.41) is 6.64. The summed E-state index contributed by atoms with van der Waals surface area (Å²) in [5.74, 6) is 1.38. The molecule has 0 spiro atoms. The molecule has 0 aliphatic rings. The normalized spacial score (nSPS) is 10.3. The standard InChI is InChI=1S/C9H13N7O2/c1-3-17-9-14-7(10)13-8(15-9)11-4-6-12-5(2)18-16-6/h3-4H2,1-2H3,(H3,10,11,13,14,15). The maximum atomic E-state index is 5.53. The number of nitrogens with two attached hydrogens (primary N) is 1. The van der Waals surface area contributed by atoms with Crippen molar-refractivity contribution in [3.05, 3.63) is 11.7 Å². The van der Waals surface area contributed by atoms with Gasteiger partial charge in [0, 0.05) is 6.92 Å². The zero-order valence-corrected chi connectivity index (χ0v) is 10.0. The smallest absolute Gasteiger partial charge is 0.323 e.